The fourth-order valence-electron chi connectivity index (χ4n) is 2.21. The van der Waals surface area contributed by atoms with E-state index in [0.717, 1.165) is 5.56 Å². The van der Waals surface area contributed by atoms with Crippen molar-refractivity contribution in [2.24, 2.45) is 0 Å². The molecule has 2 aromatic rings. The Balaban J connectivity index is 2.00. The van der Waals surface area contributed by atoms with Gasteiger partial charge >= 0.3 is 0 Å². The largest absolute Gasteiger partial charge is 0.496 e. The number of hydrogen-bond acceptors (Lipinski definition) is 3. The van der Waals surface area contributed by atoms with Gasteiger partial charge in [-0.3, -0.25) is 9.59 Å². The zero-order valence-corrected chi connectivity index (χ0v) is 14.9. The molecule has 0 aliphatic heterocycles. The van der Waals surface area contributed by atoms with Crippen LogP contribution in [-0.2, 0) is 4.79 Å². The summed E-state index contributed by atoms with van der Waals surface area (Å²) in [5.41, 5.74) is 1.86. The van der Waals surface area contributed by atoms with Crippen LogP contribution in [-0.4, -0.2) is 18.8 Å². The number of carbonyl (C=O) groups is 2. The average Bonchev–Trinajstić information content (AvgIpc) is 2.56. The number of amides is 1. The van der Waals surface area contributed by atoms with Gasteiger partial charge in [0.05, 0.1) is 23.4 Å². The van der Waals surface area contributed by atoms with E-state index in [-0.39, 0.29) is 24.5 Å². The van der Waals surface area contributed by atoms with E-state index in [4.69, 9.17) is 27.9 Å². The Kier molecular flexibility index (Phi) is 6.23. The van der Waals surface area contributed by atoms with Crippen LogP contribution in [0.25, 0.3) is 0 Å². The highest BCUT2D eigenvalue weighted by molar-refractivity contribution is 6.35. The minimum Gasteiger partial charge on any atom is -0.496 e. The van der Waals surface area contributed by atoms with Crippen LogP contribution < -0.4 is 10.1 Å². The summed E-state index contributed by atoms with van der Waals surface area (Å²) in [5, 5.41) is 3.52. The molecule has 0 aliphatic carbocycles. The molecule has 0 saturated heterocycles. The molecular weight excluding hydrogens is 349 g/mol. The lowest BCUT2D eigenvalue weighted by molar-refractivity contribution is -0.116. The molecule has 1 N–H and O–H groups in total. The summed E-state index contributed by atoms with van der Waals surface area (Å²) in [7, 11) is 1.51. The number of hydrogen-bond donors (Lipinski definition) is 1. The van der Waals surface area contributed by atoms with E-state index in [1.54, 1.807) is 30.3 Å². The standard InChI is InChI=1S/C18H17Cl2NO3/c1-11-3-7-17(24-2)13(9-11)16(22)6-8-18(23)21-15-10-12(19)4-5-14(15)20/h3-5,7,9-10H,6,8H2,1-2H3,(H,21,23). The highest BCUT2D eigenvalue weighted by Gasteiger charge is 2.15. The van der Waals surface area contributed by atoms with Gasteiger partial charge in [-0.15, -0.1) is 0 Å². The van der Waals surface area contributed by atoms with Gasteiger partial charge in [-0.05, 0) is 37.3 Å². The summed E-state index contributed by atoms with van der Waals surface area (Å²) in [6.07, 6.45) is 0.114. The van der Waals surface area contributed by atoms with Crippen molar-refractivity contribution in [1.29, 1.82) is 0 Å². The van der Waals surface area contributed by atoms with Gasteiger partial charge in [0.15, 0.2) is 5.78 Å². The van der Waals surface area contributed by atoms with Gasteiger partial charge in [0.1, 0.15) is 5.75 Å². The van der Waals surface area contributed by atoms with E-state index in [1.807, 2.05) is 13.0 Å². The Hall–Kier alpha value is -2.04. The number of aryl methyl sites for hydroxylation is 1. The van der Waals surface area contributed by atoms with Crippen LogP contribution in [0.4, 0.5) is 5.69 Å². The Morgan fingerprint density at radius 3 is 2.54 bits per heavy atom. The number of rotatable bonds is 6. The first-order chi connectivity index (χ1) is 11.4. The third kappa shape index (κ3) is 4.73. The van der Waals surface area contributed by atoms with Gasteiger partial charge in [0.25, 0.3) is 0 Å². The Morgan fingerprint density at radius 2 is 1.83 bits per heavy atom. The predicted octanol–water partition coefficient (Wildman–Crippen LogP) is 4.91. The van der Waals surface area contributed by atoms with Crippen LogP contribution in [0, 0.1) is 6.92 Å². The molecule has 0 unspecified atom stereocenters. The molecule has 126 valence electrons. The lowest BCUT2D eigenvalue weighted by Crippen LogP contribution is -2.14. The third-order valence-electron chi connectivity index (χ3n) is 3.44. The van der Waals surface area contributed by atoms with Crippen molar-refractivity contribution in [1.82, 2.24) is 0 Å². The number of methoxy groups -OCH3 is 1. The lowest BCUT2D eigenvalue weighted by atomic mass is 10.0. The van der Waals surface area contributed by atoms with Gasteiger partial charge in [-0.25, -0.2) is 0 Å². The zero-order valence-electron chi connectivity index (χ0n) is 13.4. The molecular formula is C18H17Cl2NO3. The first kappa shape index (κ1) is 18.3. The number of anilines is 1. The monoisotopic (exact) mass is 365 g/mol. The molecule has 0 atom stereocenters. The van der Waals surface area contributed by atoms with Crippen molar-refractivity contribution in [3.8, 4) is 5.75 Å². The quantitative estimate of drug-likeness (QED) is 0.739. The summed E-state index contributed by atoms with van der Waals surface area (Å²) >= 11 is 11.9. The second-order valence-corrected chi connectivity index (χ2v) is 6.14. The maximum Gasteiger partial charge on any atom is 0.224 e. The van der Waals surface area contributed by atoms with Crippen LogP contribution in [0.15, 0.2) is 36.4 Å². The molecule has 0 aromatic heterocycles. The van der Waals surface area contributed by atoms with Crippen molar-refractivity contribution in [2.45, 2.75) is 19.8 Å². The maximum absolute atomic E-state index is 12.3. The molecule has 0 radical (unpaired) electrons. The van der Waals surface area contributed by atoms with Crippen LogP contribution in [0.2, 0.25) is 10.0 Å². The summed E-state index contributed by atoms with van der Waals surface area (Å²) in [6.45, 7) is 1.89. The molecule has 0 fully saturated rings. The van der Waals surface area contributed by atoms with Crippen molar-refractivity contribution in [3.63, 3.8) is 0 Å². The minimum absolute atomic E-state index is 0.0404. The first-order valence-electron chi connectivity index (χ1n) is 7.33. The molecule has 24 heavy (non-hydrogen) atoms. The van der Waals surface area contributed by atoms with Crippen LogP contribution in [0.1, 0.15) is 28.8 Å². The molecule has 0 saturated carbocycles. The number of halogens is 2. The summed E-state index contributed by atoms with van der Waals surface area (Å²) in [4.78, 5) is 24.4. The van der Waals surface area contributed by atoms with E-state index in [2.05, 4.69) is 5.32 Å². The highest BCUT2D eigenvalue weighted by atomic mass is 35.5. The van der Waals surface area contributed by atoms with E-state index >= 15 is 0 Å². The summed E-state index contributed by atoms with van der Waals surface area (Å²) in [6, 6.07) is 10.2. The molecule has 0 aliphatic rings. The van der Waals surface area contributed by atoms with Crippen LogP contribution in [0.5, 0.6) is 5.75 Å². The normalized spacial score (nSPS) is 10.3. The SMILES string of the molecule is COc1ccc(C)cc1C(=O)CCC(=O)Nc1cc(Cl)ccc1Cl. The minimum atomic E-state index is -0.306. The van der Waals surface area contributed by atoms with Gasteiger partial charge in [0.2, 0.25) is 5.91 Å². The fraction of sp³-hybridized carbons (Fsp3) is 0.222. The fourth-order valence-corrected chi connectivity index (χ4v) is 2.54. The number of benzene rings is 2. The Bertz CT molecular complexity index is 775. The van der Waals surface area contributed by atoms with E-state index < -0.39 is 0 Å². The van der Waals surface area contributed by atoms with Crippen LogP contribution >= 0.6 is 23.2 Å². The second kappa shape index (κ2) is 8.18. The van der Waals surface area contributed by atoms with Gasteiger partial charge in [-0.2, -0.15) is 0 Å². The van der Waals surface area contributed by atoms with Crippen molar-refractivity contribution < 1.29 is 14.3 Å². The highest BCUT2D eigenvalue weighted by Crippen LogP contribution is 2.26. The summed E-state index contributed by atoms with van der Waals surface area (Å²) in [5.74, 6) is 0.0471. The van der Waals surface area contributed by atoms with E-state index in [1.165, 1.54) is 7.11 Å². The van der Waals surface area contributed by atoms with Gasteiger partial charge in [0, 0.05) is 17.9 Å². The number of nitrogens with one attached hydrogen (secondary N) is 1. The Labute approximate surface area is 150 Å². The third-order valence-corrected chi connectivity index (χ3v) is 4.00. The Morgan fingerprint density at radius 1 is 1.08 bits per heavy atom. The predicted molar refractivity (Wildman–Crippen MR) is 96.4 cm³/mol. The molecule has 2 aromatic carbocycles. The maximum atomic E-state index is 12.3. The molecule has 4 nitrogen and oxygen atoms in total. The first-order valence-corrected chi connectivity index (χ1v) is 8.09. The number of carbonyl (C=O) groups excluding carboxylic acids is 2. The van der Waals surface area contributed by atoms with E-state index in [0.29, 0.717) is 27.0 Å². The zero-order chi connectivity index (χ0) is 17.7. The molecule has 0 bridgehead atoms. The molecule has 0 heterocycles. The van der Waals surface area contributed by atoms with Gasteiger partial charge in [-0.1, -0.05) is 34.8 Å². The smallest absolute Gasteiger partial charge is 0.224 e. The topological polar surface area (TPSA) is 55.4 Å². The van der Waals surface area contributed by atoms with Gasteiger partial charge < -0.3 is 10.1 Å². The lowest BCUT2D eigenvalue weighted by Gasteiger charge is -2.10. The average molecular weight is 366 g/mol. The van der Waals surface area contributed by atoms with Crippen molar-refractivity contribution in [3.05, 3.63) is 57.6 Å². The molecule has 1 amide bonds. The van der Waals surface area contributed by atoms with Crippen LogP contribution in [0.3, 0.4) is 0 Å². The number of ketones is 1. The number of Topliss-reactive ketones (excluding diaryl/α,β-unsaturated/α-hetero) is 1. The molecule has 0 spiro atoms. The number of ether oxygens (including phenoxy) is 1. The van der Waals surface area contributed by atoms with E-state index in [9.17, 15) is 9.59 Å². The molecule has 6 heteroatoms. The molecule has 2 rings (SSSR count). The second-order valence-electron chi connectivity index (χ2n) is 5.30. The summed E-state index contributed by atoms with van der Waals surface area (Å²) < 4.78 is 5.20. The van der Waals surface area contributed by atoms with Crippen molar-refractivity contribution >= 4 is 40.6 Å². The van der Waals surface area contributed by atoms with Crippen molar-refractivity contribution in [2.75, 3.05) is 12.4 Å².